The molecule has 1 atom stereocenters. The number of aromatic nitrogens is 3. The predicted molar refractivity (Wildman–Crippen MR) is 78.8 cm³/mol. The summed E-state index contributed by atoms with van der Waals surface area (Å²) in [6.07, 6.45) is -0.700. The van der Waals surface area contributed by atoms with Crippen LogP contribution >= 0.6 is 11.3 Å². The molecule has 2 aromatic heterocycles. The van der Waals surface area contributed by atoms with E-state index >= 15 is 0 Å². The van der Waals surface area contributed by atoms with Gasteiger partial charge in [0.25, 0.3) is 0 Å². The molecule has 0 amide bonds. The summed E-state index contributed by atoms with van der Waals surface area (Å²) in [7, 11) is 0. The number of aliphatic hydroxyl groups is 1. The molecule has 20 heavy (non-hydrogen) atoms. The van der Waals surface area contributed by atoms with Crippen LogP contribution in [0.1, 0.15) is 24.5 Å². The van der Waals surface area contributed by atoms with E-state index in [1.807, 2.05) is 10.6 Å². The molecule has 0 radical (unpaired) electrons. The molecule has 3 aromatic rings. The first-order valence-corrected chi connectivity index (χ1v) is 7.03. The highest BCUT2D eigenvalue weighted by Gasteiger charge is 2.15. The van der Waals surface area contributed by atoms with Gasteiger partial charge in [-0.2, -0.15) is 0 Å². The number of fused-ring (bicyclic) bond motifs is 1. The van der Waals surface area contributed by atoms with Crippen LogP contribution in [-0.4, -0.2) is 19.6 Å². The average Bonchev–Trinajstić information content (AvgIpc) is 2.94. The molecule has 2 heterocycles. The summed E-state index contributed by atoms with van der Waals surface area (Å²) in [5.41, 5.74) is 8.79. The Labute approximate surface area is 118 Å². The van der Waals surface area contributed by atoms with Crippen molar-refractivity contribution in [1.82, 2.24) is 14.5 Å². The molecule has 4 N–H and O–H groups in total. The summed E-state index contributed by atoms with van der Waals surface area (Å²) in [5.74, 6) is 0.553. The average molecular weight is 290 g/mol. The van der Waals surface area contributed by atoms with E-state index in [9.17, 15) is 9.90 Å². The highest BCUT2D eigenvalue weighted by Crippen LogP contribution is 2.23. The molecule has 0 aliphatic rings. The lowest BCUT2D eigenvalue weighted by Crippen LogP contribution is -2.09. The molecule has 6 nitrogen and oxygen atoms in total. The van der Waals surface area contributed by atoms with Gasteiger partial charge in [0, 0.05) is 16.8 Å². The summed E-state index contributed by atoms with van der Waals surface area (Å²) in [5, 5.41) is 11.6. The number of nitrogens with zero attached hydrogens (tertiary/aromatic N) is 2. The fourth-order valence-corrected chi connectivity index (χ4v) is 2.79. The molecule has 0 fully saturated rings. The van der Waals surface area contributed by atoms with Gasteiger partial charge in [-0.3, -0.25) is 4.79 Å². The first kappa shape index (κ1) is 12.9. The zero-order valence-electron chi connectivity index (χ0n) is 10.8. The molecule has 0 saturated heterocycles. The largest absolute Gasteiger partial charge is 0.399 e. The molecular weight excluding hydrogens is 276 g/mol. The summed E-state index contributed by atoms with van der Waals surface area (Å²) in [4.78, 5) is 18.3. The number of rotatable bonds is 3. The van der Waals surface area contributed by atoms with Crippen LogP contribution in [0.4, 0.5) is 5.69 Å². The van der Waals surface area contributed by atoms with Crippen molar-refractivity contribution in [2.24, 2.45) is 0 Å². The standard InChI is InChI=1S/C13H14N4O2S/c1-7(18)12-16-10-4-8(14)2-3-11(10)17(12)5-9-6-20-13(19)15-9/h2-4,6-7,18H,5,14H2,1H3,(H,15,19). The SMILES string of the molecule is CC(O)c1nc2cc(N)ccc2n1Cc1csc(=O)[nH]1. The van der Waals surface area contributed by atoms with Gasteiger partial charge in [-0.1, -0.05) is 11.3 Å². The maximum absolute atomic E-state index is 11.2. The third-order valence-electron chi connectivity index (χ3n) is 3.07. The molecule has 104 valence electrons. The van der Waals surface area contributed by atoms with Crippen molar-refractivity contribution in [1.29, 1.82) is 0 Å². The monoisotopic (exact) mass is 290 g/mol. The zero-order valence-corrected chi connectivity index (χ0v) is 11.6. The van der Waals surface area contributed by atoms with E-state index in [2.05, 4.69) is 9.97 Å². The maximum atomic E-state index is 11.2. The molecule has 7 heteroatoms. The maximum Gasteiger partial charge on any atom is 0.304 e. The Morgan fingerprint density at radius 3 is 3.00 bits per heavy atom. The molecule has 0 aliphatic heterocycles. The first-order chi connectivity index (χ1) is 9.54. The third kappa shape index (κ3) is 2.21. The number of nitrogens with two attached hydrogens (primary N) is 1. The van der Waals surface area contributed by atoms with Crippen LogP contribution in [0.2, 0.25) is 0 Å². The molecule has 1 unspecified atom stereocenters. The smallest absolute Gasteiger partial charge is 0.304 e. The van der Waals surface area contributed by atoms with Gasteiger partial charge in [0.2, 0.25) is 0 Å². The minimum atomic E-state index is -0.700. The highest BCUT2D eigenvalue weighted by atomic mass is 32.1. The van der Waals surface area contributed by atoms with Gasteiger partial charge in [-0.25, -0.2) is 4.98 Å². The topological polar surface area (TPSA) is 96.9 Å². The van der Waals surface area contributed by atoms with E-state index in [0.717, 1.165) is 28.1 Å². The number of anilines is 1. The Hall–Kier alpha value is -2.12. The fraction of sp³-hybridized carbons (Fsp3) is 0.231. The Morgan fingerprint density at radius 1 is 1.55 bits per heavy atom. The van der Waals surface area contributed by atoms with Crippen LogP contribution in [-0.2, 0) is 6.54 Å². The van der Waals surface area contributed by atoms with Crippen LogP contribution in [0, 0.1) is 0 Å². The van der Waals surface area contributed by atoms with Gasteiger partial charge in [-0.15, -0.1) is 0 Å². The van der Waals surface area contributed by atoms with Crippen molar-refractivity contribution in [2.45, 2.75) is 19.6 Å². The highest BCUT2D eigenvalue weighted by molar-refractivity contribution is 7.07. The first-order valence-electron chi connectivity index (χ1n) is 6.15. The van der Waals surface area contributed by atoms with E-state index in [4.69, 9.17) is 5.73 Å². The van der Waals surface area contributed by atoms with Crippen molar-refractivity contribution < 1.29 is 5.11 Å². The number of aromatic amines is 1. The Bertz CT molecular complexity index is 815. The van der Waals surface area contributed by atoms with Crippen molar-refractivity contribution in [2.75, 3.05) is 5.73 Å². The van der Waals surface area contributed by atoms with Gasteiger partial charge in [0.05, 0.1) is 17.6 Å². The van der Waals surface area contributed by atoms with Crippen molar-refractivity contribution in [3.8, 4) is 0 Å². The van der Waals surface area contributed by atoms with E-state index in [-0.39, 0.29) is 4.87 Å². The fourth-order valence-electron chi connectivity index (χ4n) is 2.21. The van der Waals surface area contributed by atoms with E-state index in [1.165, 1.54) is 0 Å². The Kier molecular flexibility index (Phi) is 3.07. The Balaban J connectivity index is 2.15. The second kappa shape index (κ2) is 4.77. The number of H-pyrrole nitrogens is 1. The summed E-state index contributed by atoms with van der Waals surface area (Å²) >= 11 is 1.12. The molecule has 0 spiro atoms. The number of hydrogen-bond donors (Lipinski definition) is 3. The van der Waals surface area contributed by atoms with Crippen LogP contribution in [0.3, 0.4) is 0 Å². The number of nitrogens with one attached hydrogen (secondary N) is 1. The minimum Gasteiger partial charge on any atom is -0.399 e. The Morgan fingerprint density at radius 2 is 2.35 bits per heavy atom. The molecule has 0 saturated carbocycles. The van der Waals surface area contributed by atoms with Gasteiger partial charge >= 0.3 is 4.87 Å². The lowest BCUT2D eigenvalue weighted by Gasteiger charge is -2.09. The van der Waals surface area contributed by atoms with Gasteiger partial charge in [0.1, 0.15) is 11.9 Å². The van der Waals surface area contributed by atoms with E-state index in [0.29, 0.717) is 18.1 Å². The van der Waals surface area contributed by atoms with E-state index in [1.54, 1.807) is 24.4 Å². The lowest BCUT2D eigenvalue weighted by molar-refractivity contribution is 0.185. The van der Waals surface area contributed by atoms with Crippen LogP contribution < -0.4 is 10.6 Å². The molecule has 0 bridgehead atoms. The van der Waals surface area contributed by atoms with Gasteiger partial charge < -0.3 is 20.4 Å². The van der Waals surface area contributed by atoms with Crippen LogP contribution in [0.15, 0.2) is 28.4 Å². The quantitative estimate of drug-likeness (QED) is 0.636. The van der Waals surface area contributed by atoms with Crippen molar-refractivity contribution in [3.63, 3.8) is 0 Å². The van der Waals surface area contributed by atoms with Crippen LogP contribution in [0.25, 0.3) is 11.0 Å². The molecule has 1 aromatic carbocycles. The number of hydrogen-bond acceptors (Lipinski definition) is 5. The number of aliphatic hydroxyl groups excluding tert-OH is 1. The van der Waals surface area contributed by atoms with Gasteiger partial charge in [-0.05, 0) is 25.1 Å². The summed E-state index contributed by atoms with van der Waals surface area (Å²) < 4.78 is 1.89. The minimum absolute atomic E-state index is 0.0905. The number of nitrogen functional groups attached to an aromatic ring is 1. The van der Waals surface area contributed by atoms with Crippen molar-refractivity contribution >= 4 is 28.1 Å². The van der Waals surface area contributed by atoms with E-state index < -0.39 is 6.10 Å². The van der Waals surface area contributed by atoms with Gasteiger partial charge in [0.15, 0.2) is 0 Å². The second-order valence-corrected chi connectivity index (χ2v) is 5.50. The normalized spacial score (nSPS) is 12.9. The van der Waals surface area contributed by atoms with Crippen molar-refractivity contribution in [3.05, 3.63) is 44.8 Å². The number of benzene rings is 1. The molecule has 3 rings (SSSR count). The summed E-state index contributed by atoms with van der Waals surface area (Å²) in [6.45, 7) is 2.12. The second-order valence-electron chi connectivity index (χ2n) is 4.65. The zero-order chi connectivity index (χ0) is 14.3. The molecule has 0 aliphatic carbocycles. The molecular formula is C13H14N4O2S. The lowest BCUT2D eigenvalue weighted by atomic mass is 10.3. The predicted octanol–water partition coefficient (Wildman–Crippen LogP) is 1.47. The van der Waals surface area contributed by atoms with Crippen LogP contribution in [0.5, 0.6) is 0 Å². The summed E-state index contributed by atoms with van der Waals surface area (Å²) in [6, 6.07) is 5.44. The third-order valence-corrected chi connectivity index (χ3v) is 3.79. The number of imidazole rings is 1. The number of thiazole rings is 1.